The third-order valence-corrected chi connectivity index (χ3v) is 3.79. The van der Waals surface area contributed by atoms with Gasteiger partial charge in [-0.1, -0.05) is 44.9 Å². The maximum Gasteiger partial charge on any atom is 0.126 e. The van der Waals surface area contributed by atoms with Gasteiger partial charge in [0.15, 0.2) is 0 Å². The Hall–Kier alpha value is -0.890. The van der Waals surface area contributed by atoms with Gasteiger partial charge in [-0.3, -0.25) is 0 Å². The Morgan fingerprint density at radius 2 is 1.72 bits per heavy atom. The lowest BCUT2D eigenvalue weighted by molar-refractivity contribution is 0.326. The first-order valence-corrected chi connectivity index (χ1v) is 7.07. The van der Waals surface area contributed by atoms with Gasteiger partial charge in [0.2, 0.25) is 0 Å². The fourth-order valence-electron chi connectivity index (χ4n) is 2.63. The summed E-state index contributed by atoms with van der Waals surface area (Å²) in [6, 6.07) is 7.83. The predicted octanol–water partition coefficient (Wildman–Crippen LogP) is 4.17. The first-order chi connectivity index (χ1) is 8.58. The minimum atomic E-state index is -0.0960. The summed E-state index contributed by atoms with van der Waals surface area (Å²) in [4.78, 5) is 0. The number of nitrogens with one attached hydrogen (secondary N) is 1. The molecule has 2 unspecified atom stereocenters. The lowest BCUT2D eigenvalue weighted by Gasteiger charge is -2.26. The molecule has 0 spiro atoms. The average molecular weight is 251 g/mol. The third kappa shape index (κ3) is 4.41. The summed E-state index contributed by atoms with van der Waals surface area (Å²) < 4.78 is 13.6. The summed E-state index contributed by atoms with van der Waals surface area (Å²) in [6.45, 7) is 8.82. The Balaban J connectivity index is 2.51. The van der Waals surface area contributed by atoms with E-state index in [-0.39, 0.29) is 5.82 Å². The van der Waals surface area contributed by atoms with Crippen molar-refractivity contribution in [1.29, 1.82) is 0 Å². The van der Waals surface area contributed by atoms with E-state index >= 15 is 0 Å². The molecule has 102 valence electrons. The second kappa shape index (κ2) is 7.52. The average Bonchev–Trinajstić information content (AvgIpc) is 2.33. The molecule has 0 fully saturated rings. The predicted molar refractivity (Wildman–Crippen MR) is 76.2 cm³/mol. The monoisotopic (exact) mass is 251 g/mol. The molecule has 0 amide bonds. The van der Waals surface area contributed by atoms with E-state index in [4.69, 9.17) is 0 Å². The fourth-order valence-corrected chi connectivity index (χ4v) is 2.63. The van der Waals surface area contributed by atoms with Crippen LogP contribution in [0.3, 0.4) is 0 Å². The molecule has 0 radical (unpaired) electrons. The molecule has 0 saturated heterocycles. The Labute approximate surface area is 111 Å². The molecule has 0 saturated carbocycles. The van der Waals surface area contributed by atoms with Crippen LogP contribution in [0, 0.1) is 11.7 Å². The number of benzene rings is 1. The maximum atomic E-state index is 13.6. The van der Waals surface area contributed by atoms with E-state index in [0.29, 0.717) is 18.0 Å². The van der Waals surface area contributed by atoms with Gasteiger partial charge in [0.25, 0.3) is 0 Å². The van der Waals surface area contributed by atoms with Crippen LogP contribution in [0.15, 0.2) is 24.3 Å². The Kier molecular flexibility index (Phi) is 6.34. The van der Waals surface area contributed by atoms with E-state index in [1.165, 1.54) is 18.9 Å². The molecule has 2 atom stereocenters. The standard InChI is InChI=1S/C16H26FN/c1-5-14(6-2)13(4)18-12(3)11-15-9-7-8-10-16(15)17/h7-10,12-14,18H,5-6,11H2,1-4H3. The van der Waals surface area contributed by atoms with Crippen molar-refractivity contribution in [2.75, 3.05) is 0 Å². The van der Waals surface area contributed by atoms with Gasteiger partial charge >= 0.3 is 0 Å². The quantitative estimate of drug-likeness (QED) is 0.767. The van der Waals surface area contributed by atoms with Crippen LogP contribution in [0.4, 0.5) is 4.39 Å². The lowest BCUT2D eigenvalue weighted by Crippen LogP contribution is -2.40. The number of halogens is 1. The molecule has 18 heavy (non-hydrogen) atoms. The topological polar surface area (TPSA) is 12.0 Å². The summed E-state index contributed by atoms with van der Waals surface area (Å²) in [5.41, 5.74) is 0.800. The molecule has 0 heterocycles. The fraction of sp³-hybridized carbons (Fsp3) is 0.625. The molecule has 0 aromatic heterocycles. The number of hydrogen-bond acceptors (Lipinski definition) is 1. The van der Waals surface area contributed by atoms with Crippen LogP contribution >= 0.6 is 0 Å². The SMILES string of the molecule is CCC(CC)C(C)NC(C)Cc1ccccc1F. The molecule has 1 aromatic carbocycles. The van der Waals surface area contributed by atoms with E-state index in [0.717, 1.165) is 12.0 Å². The summed E-state index contributed by atoms with van der Waals surface area (Å²) in [5, 5.41) is 3.59. The van der Waals surface area contributed by atoms with Crippen molar-refractivity contribution in [3.8, 4) is 0 Å². The minimum absolute atomic E-state index is 0.0960. The molecule has 1 nitrogen and oxygen atoms in total. The minimum Gasteiger partial charge on any atom is -0.311 e. The maximum absolute atomic E-state index is 13.6. The van der Waals surface area contributed by atoms with Crippen LogP contribution in [0.25, 0.3) is 0 Å². The van der Waals surface area contributed by atoms with Crippen molar-refractivity contribution in [3.05, 3.63) is 35.6 Å². The Morgan fingerprint density at radius 1 is 1.11 bits per heavy atom. The summed E-state index contributed by atoms with van der Waals surface area (Å²) >= 11 is 0. The normalized spacial score (nSPS) is 14.8. The van der Waals surface area contributed by atoms with Gasteiger partial charge < -0.3 is 5.32 Å². The van der Waals surface area contributed by atoms with Crippen molar-refractivity contribution in [3.63, 3.8) is 0 Å². The van der Waals surface area contributed by atoms with Crippen molar-refractivity contribution in [2.24, 2.45) is 5.92 Å². The summed E-state index contributed by atoms with van der Waals surface area (Å²) in [5.74, 6) is 0.606. The highest BCUT2D eigenvalue weighted by Gasteiger charge is 2.16. The van der Waals surface area contributed by atoms with Gasteiger partial charge in [-0.25, -0.2) is 4.39 Å². The van der Waals surface area contributed by atoms with Crippen LogP contribution in [0.5, 0.6) is 0 Å². The van der Waals surface area contributed by atoms with Gasteiger partial charge in [-0.05, 0) is 37.8 Å². The van der Waals surface area contributed by atoms with E-state index < -0.39 is 0 Å². The molecule has 1 aromatic rings. The van der Waals surface area contributed by atoms with Crippen LogP contribution in [0.1, 0.15) is 46.1 Å². The Bertz CT molecular complexity index is 347. The van der Waals surface area contributed by atoms with Crippen molar-refractivity contribution in [2.45, 2.75) is 59.0 Å². The Morgan fingerprint density at radius 3 is 2.28 bits per heavy atom. The first-order valence-electron chi connectivity index (χ1n) is 7.07. The highest BCUT2D eigenvalue weighted by molar-refractivity contribution is 5.18. The zero-order valence-corrected chi connectivity index (χ0v) is 12.0. The lowest BCUT2D eigenvalue weighted by atomic mass is 9.94. The second-order valence-electron chi connectivity index (χ2n) is 5.23. The molecule has 1 rings (SSSR count). The van der Waals surface area contributed by atoms with Gasteiger partial charge in [0.1, 0.15) is 5.82 Å². The zero-order valence-electron chi connectivity index (χ0n) is 12.0. The number of hydrogen-bond donors (Lipinski definition) is 1. The van der Waals surface area contributed by atoms with Crippen LogP contribution < -0.4 is 5.32 Å². The van der Waals surface area contributed by atoms with E-state index in [2.05, 4.69) is 33.0 Å². The molecule has 0 aliphatic carbocycles. The van der Waals surface area contributed by atoms with E-state index in [1.54, 1.807) is 6.07 Å². The van der Waals surface area contributed by atoms with E-state index in [1.807, 2.05) is 12.1 Å². The molecule has 0 bridgehead atoms. The van der Waals surface area contributed by atoms with Crippen molar-refractivity contribution in [1.82, 2.24) is 5.32 Å². The van der Waals surface area contributed by atoms with Crippen LogP contribution in [-0.2, 0) is 6.42 Å². The van der Waals surface area contributed by atoms with Crippen molar-refractivity contribution < 1.29 is 4.39 Å². The molecule has 1 N–H and O–H groups in total. The zero-order chi connectivity index (χ0) is 13.5. The molecular weight excluding hydrogens is 225 g/mol. The van der Waals surface area contributed by atoms with Crippen LogP contribution in [0.2, 0.25) is 0 Å². The number of rotatable bonds is 7. The van der Waals surface area contributed by atoms with Gasteiger partial charge in [0.05, 0.1) is 0 Å². The highest BCUT2D eigenvalue weighted by Crippen LogP contribution is 2.15. The molecule has 0 aliphatic heterocycles. The van der Waals surface area contributed by atoms with Gasteiger partial charge in [-0.15, -0.1) is 0 Å². The highest BCUT2D eigenvalue weighted by atomic mass is 19.1. The second-order valence-corrected chi connectivity index (χ2v) is 5.23. The largest absolute Gasteiger partial charge is 0.311 e. The smallest absolute Gasteiger partial charge is 0.126 e. The summed E-state index contributed by atoms with van der Waals surface area (Å²) in [7, 11) is 0. The molecule has 0 aliphatic rings. The van der Waals surface area contributed by atoms with Crippen molar-refractivity contribution >= 4 is 0 Å². The van der Waals surface area contributed by atoms with Crippen LogP contribution in [-0.4, -0.2) is 12.1 Å². The van der Waals surface area contributed by atoms with E-state index in [9.17, 15) is 4.39 Å². The third-order valence-electron chi connectivity index (χ3n) is 3.79. The van der Waals surface area contributed by atoms with Gasteiger partial charge in [0, 0.05) is 12.1 Å². The first kappa shape index (κ1) is 15.2. The molecule has 2 heteroatoms. The van der Waals surface area contributed by atoms with Gasteiger partial charge in [-0.2, -0.15) is 0 Å². The summed E-state index contributed by atoms with van der Waals surface area (Å²) in [6.07, 6.45) is 3.13. The molecular formula is C16H26FN.